The first-order valence-electron chi connectivity index (χ1n) is 7.24. The molecule has 0 atom stereocenters. The first-order valence-corrected chi connectivity index (χ1v) is 8.12. The van der Waals surface area contributed by atoms with Crippen molar-refractivity contribution in [3.05, 3.63) is 59.8 Å². The largest absolute Gasteiger partial charge is 0.492 e. The number of thiazole rings is 1. The van der Waals surface area contributed by atoms with E-state index in [0.717, 1.165) is 22.2 Å². The number of nitrogens with zero attached hydrogens (tertiary/aromatic N) is 1. The lowest BCUT2D eigenvalue weighted by atomic mass is 10.3. The van der Waals surface area contributed by atoms with Crippen molar-refractivity contribution in [1.29, 1.82) is 0 Å². The van der Waals surface area contributed by atoms with Gasteiger partial charge in [0.05, 0.1) is 24.9 Å². The predicted octanol–water partition coefficient (Wildman–Crippen LogP) is 3.14. The van der Waals surface area contributed by atoms with Crippen LogP contribution >= 0.6 is 11.3 Å². The number of para-hydroxylation sites is 1. The molecule has 5 nitrogen and oxygen atoms in total. The minimum atomic E-state index is -0.0713. The first-order chi connectivity index (χ1) is 11.3. The number of hydrogen-bond donors (Lipinski definition) is 1. The minimum Gasteiger partial charge on any atom is -0.492 e. The molecule has 3 aromatic rings. The minimum absolute atomic E-state index is 0.0713. The summed E-state index contributed by atoms with van der Waals surface area (Å²) in [5.41, 5.74) is 0.739. The van der Waals surface area contributed by atoms with Crippen molar-refractivity contribution in [2.24, 2.45) is 0 Å². The van der Waals surface area contributed by atoms with Gasteiger partial charge in [-0.2, -0.15) is 0 Å². The third kappa shape index (κ3) is 4.43. The van der Waals surface area contributed by atoms with Gasteiger partial charge in [0, 0.05) is 5.38 Å². The molecule has 1 amide bonds. The fourth-order valence-corrected chi connectivity index (χ4v) is 2.79. The number of aromatic nitrogens is 1. The summed E-state index contributed by atoms with van der Waals surface area (Å²) in [7, 11) is 0. The lowest BCUT2D eigenvalue weighted by molar-refractivity contribution is -0.120. The topological polar surface area (TPSA) is 64.4 Å². The van der Waals surface area contributed by atoms with E-state index in [0.29, 0.717) is 13.2 Å². The lowest BCUT2D eigenvalue weighted by Gasteiger charge is -2.07. The molecule has 0 saturated carbocycles. The third-order valence-electron chi connectivity index (χ3n) is 3.06. The van der Waals surface area contributed by atoms with Crippen molar-refractivity contribution in [1.82, 2.24) is 10.3 Å². The highest BCUT2D eigenvalue weighted by Gasteiger charge is 2.10. The number of ether oxygens (including phenoxy) is 1. The molecular formula is C17H16N2O3S. The van der Waals surface area contributed by atoms with Crippen molar-refractivity contribution >= 4 is 17.2 Å². The summed E-state index contributed by atoms with van der Waals surface area (Å²) in [4.78, 5) is 16.3. The Labute approximate surface area is 137 Å². The standard InChI is InChI=1S/C17H16N2O3S/c20-16(18-8-10-21-14-5-2-1-3-6-14)11-13-12-23-17(19-13)15-7-4-9-22-15/h1-7,9,12H,8,10-11H2,(H,18,20). The molecule has 2 aromatic heterocycles. The van der Waals surface area contributed by atoms with E-state index in [4.69, 9.17) is 9.15 Å². The van der Waals surface area contributed by atoms with E-state index < -0.39 is 0 Å². The van der Waals surface area contributed by atoms with E-state index in [1.807, 2.05) is 47.8 Å². The fourth-order valence-electron chi connectivity index (χ4n) is 2.00. The van der Waals surface area contributed by atoms with Gasteiger partial charge in [0.25, 0.3) is 0 Å². The normalized spacial score (nSPS) is 10.4. The summed E-state index contributed by atoms with van der Waals surface area (Å²) >= 11 is 1.47. The van der Waals surface area contributed by atoms with Crippen LogP contribution in [0.25, 0.3) is 10.8 Å². The summed E-state index contributed by atoms with van der Waals surface area (Å²) in [5.74, 6) is 1.44. The highest BCUT2D eigenvalue weighted by atomic mass is 32.1. The van der Waals surface area contributed by atoms with Gasteiger partial charge in [0.15, 0.2) is 10.8 Å². The van der Waals surface area contributed by atoms with Gasteiger partial charge in [-0.3, -0.25) is 4.79 Å². The molecule has 0 aliphatic heterocycles. The number of amides is 1. The molecule has 2 heterocycles. The Bertz CT molecular complexity index is 738. The molecule has 0 spiro atoms. The average Bonchev–Trinajstić information content (AvgIpc) is 3.24. The molecule has 0 aliphatic rings. The Morgan fingerprint density at radius 3 is 2.87 bits per heavy atom. The molecule has 0 bridgehead atoms. The van der Waals surface area contributed by atoms with Gasteiger partial charge < -0.3 is 14.5 Å². The smallest absolute Gasteiger partial charge is 0.226 e. The van der Waals surface area contributed by atoms with Crippen molar-refractivity contribution in [3.63, 3.8) is 0 Å². The molecule has 118 valence electrons. The molecule has 1 N–H and O–H groups in total. The van der Waals surface area contributed by atoms with E-state index in [1.165, 1.54) is 11.3 Å². The molecule has 1 aromatic carbocycles. The Morgan fingerprint density at radius 2 is 2.09 bits per heavy atom. The maximum absolute atomic E-state index is 11.9. The van der Waals surface area contributed by atoms with Crippen molar-refractivity contribution < 1.29 is 13.9 Å². The summed E-state index contributed by atoms with van der Waals surface area (Å²) < 4.78 is 10.8. The van der Waals surface area contributed by atoms with Gasteiger partial charge in [-0.1, -0.05) is 18.2 Å². The number of rotatable bonds is 7. The quantitative estimate of drug-likeness (QED) is 0.677. The van der Waals surface area contributed by atoms with Crippen LogP contribution in [-0.4, -0.2) is 24.0 Å². The number of carbonyl (C=O) groups is 1. The monoisotopic (exact) mass is 328 g/mol. The van der Waals surface area contributed by atoms with E-state index in [2.05, 4.69) is 10.3 Å². The van der Waals surface area contributed by atoms with Crippen LogP contribution in [-0.2, 0) is 11.2 Å². The summed E-state index contributed by atoms with van der Waals surface area (Å²) in [6, 6.07) is 13.2. The molecule has 0 aliphatic carbocycles. The Kier molecular flexibility index (Phi) is 5.06. The molecule has 6 heteroatoms. The van der Waals surface area contributed by atoms with Gasteiger partial charge in [-0.05, 0) is 24.3 Å². The molecule has 3 rings (SSSR count). The van der Waals surface area contributed by atoms with Gasteiger partial charge in [-0.15, -0.1) is 11.3 Å². The SMILES string of the molecule is O=C(Cc1csc(-c2ccco2)n1)NCCOc1ccccc1. The van der Waals surface area contributed by atoms with E-state index in [9.17, 15) is 4.79 Å². The van der Waals surface area contributed by atoms with Crippen LogP contribution in [0.5, 0.6) is 5.75 Å². The van der Waals surface area contributed by atoms with Gasteiger partial charge in [0.2, 0.25) is 5.91 Å². The Hall–Kier alpha value is -2.60. The zero-order chi connectivity index (χ0) is 15.9. The van der Waals surface area contributed by atoms with Crippen LogP contribution in [0.4, 0.5) is 0 Å². The summed E-state index contributed by atoms with van der Waals surface area (Å²) in [6.07, 6.45) is 1.86. The summed E-state index contributed by atoms with van der Waals surface area (Å²) in [6.45, 7) is 0.896. The molecule has 0 unspecified atom stereocenters. The molecule has 0 fully saturated rings. The molecule has 23 heavy (non-hydrogen) atoms. The first kappa shape index (κ1) is 15.3. The van der Waals surface area contributed by atoms with E-state index in [-0.39, 0.29) is 12.3 Å². The Morgan fingerprint density at radius 1 is 1.22 bits per heavy atom. The second-order valence-electron chi connectivity index (χ2n) is 4.81. The second kappa shape index (κ2) is 7.60. The number of carbonyl (C=O) groups excluding carboxylic acids is 1. The van der Waals surface area contributed by atoms with Gasteiger partial charge in [0.1, 0.15) is 12.4 Å². The van der Waals surface area contributed by atoms with Crippen LogP contribution in [0.1, 0.15) is 5.69 Å². The van der Waals surface area contributed by atoms with Crippen molar-refractivity contribution in [2.45, 2.75) is 6.42 Å². The van der Waals surface area contributed by atoms with E-state index in [1.54, 1.807) is 6.26 Å². The lowest BCUT2D eigenvalue weighted by Crippen LogP contribution is -2.29. The van der Waals surface area contributed by atoms with Gasteiger partial charge in [-0.25, -0.2) is 4.98 Å². The Balaban J connectivity index is 1.41. The van der Waals surface area contributed by atoms with E-state index >= 15 is 0 Å². The summed E-state index contributed by atoms with van der Waals surface area (Å²) in [5, 5.41) is 5.48. The second-order valence-corrected chi connectivity index (χ2v) is 5.67. The van der Waals surface area contributed by atoms with Crippen LogP contribution in [0, 0.1) is 0 Å². The number of hydrogen-bond acceptors (Lipinski definition) is 5. The fraction of sp³-hybridized carbons (Fsp3) is 0.176. The molecule has 0 radical (unpaired) electrons. The maximum atomic E-state index is 11.9. The van der Waals surface area contributed by atoms with Crippen molar-refractivity contribution in [3.8, 4) is 16.5 Å². The molecule has 0 saturated heterocycles. The number of benzene rings is 1. The highest BCUT2D eigenvalue weighted by molar-refractivity contribution is 7.13. The van der Waals surface area contributed by atoms with Gasteiger partial charge >= 0.3 is 0 Å². The zero-order valence-corrected chi connectivity index (χ0v) is 13.2. The predicted molar refractivity (Wildman–Crippen MR) is 88.5 cm³/mol. The van der Waals surface area contributed by atoms with Crippen LogP contribution in [0.2, 0.25) is 0 Å². The van der Waals surface area contributed by atoms with Crippen molar-refractivity contribution in [2.75, 3.05) is 13.2 Å². The van der Waals surface area contributed by atoms with Crippen LogP contribution < -0.4 is 10.1 Å². The molecular weight excluding hydrogens is 312 g/mol. The van der Waals surface area contributed by atoms with Crippen LogP contribution in [0.3, 0.4) is 0 Å². The maximum Gasteiger partial charge on any atom is 0.226 e. The average molecular weight is 328 g/mol. The van der Waals surface area contributed by atoms with Crippen LogP contribution in [0.15, 0.2) is 58.5 Å². The third-order valence-corrected chi connectivity index (χ3v) is 3.97. The number of nitrogens with one attached hydrogen (secondary N) is 1. The zero-order valence-electron chi connectivity index (χ0n) is 12.4. The number of furan rings is 1. The highest BCUT2D eigenvalue weighted by Crippen LogP contribution is 2.23.